The highest BCUT2D eigenvalue weighted by molar-refractivity contribution is 5.74. The molecule has 0 saturated heterocycles. The zero-order valence-electron chi connectivity index (χ0n) is 12.3. The van der Waals surface area contributed by atoms with Crippen LogP contribution in [0.3, 0.4) is 0 Å². The van der Waals surface area contributed by atoms with Crippen molar-refractivity contribution in [2.45, 2.75) is 32.7 Å². The second-order valence-electron chi connectivity index (χ2n) is 5.21. The first kappa shape index (κ1) is 17.4. The molecule has 0 aliphatic rings. The normalized spacial score (nSPS) is 12.3. The van der Waals surface area contributed by atoms with Gasteiger partial charge in [-0.05, 0) is 30.9 Å². The molecule has 1 rings (SSSR count). The Labute approximate surface area is 123 Å². The quantitative estimate of drug-likeness (QED) is 0.723. The predicted molar refractivity (Wildman–Crippen MR) is 76.9 cm³/mol. The van der Waals surface area contributed by atoms with Gasteiger partial charge in [-0.3, -0.25) is 0 Å². The van der Waals surface area contributed by atoms with Gasteiger partial charge in [0.1, 0.15) is 11.6 Å². The molecule has 0 aliphatic carbocycles. The average molecular weight is 300 g/mol. The standard InChI is InChI=1S/C15H22F2N2O2/c1-10(2)14(7-9-20)19-15(21)18-8-6-11-12(16)4-3-5-13(11)17/h3-5,10,14,20H,6-9H2,1-2H3,(H2,18,19,21). The van der Waals surface area contributed by atoms with Crippen molar-refractivity contribution in [3.63, 3.8) is 0 Å². The minimum Gasteiger partial charge on any atom is -0.396 e. The Bertz CT molecular complexity index is 447. The van der Waals surface area contributed by atoms with Gasteiger partial charge in [0.25, 0.3) is 0 Å². The van der Waals surface area contributed by atoms with Crippen molar-refractivity contribution in [1.29, 1.82) is 0 Å². The molecule has 2 amide bonds. The molecule has 1 aromatic carbocycles. The highest BCUT2D eigenvalue weighted by atomic mass is 19.1. The third-order valence-corrected chi connectivity index (χ3v) is 3.28. The maximum absolute atomic E-state index is 13.4. The maximum Gasteiger partial charge on any atom is 0.315 e. The SMILES string of the molecule is CC(C)C(CCO)NC(=O)NCCc1c(F)cccc1F. The van der Waals surface area contributed by atoms with Crippen LogP contribution in [0.25, 0.3) is 0 Å². The van der Waals surface area contributed by atoms with E-state index in [1.807, 2.05) is 13.8 Å². The number of nitrogens with one attached hydrogen (secondary N) is 2. The molecule has 21 heavy (non-hydrogen) atoms. The fourth-order valence-electron chi connectivity index (χ4n) is 2.00. The lowest BCUT2D eigenvalue weighted by Crippen LogP contribution is -2.45. The van der Waals surface area contributed by atoms with Gasteiger partial charge in [-0.2, -0.15) is 0 Å². The molecule has 6 heteroatoms. The first-order valence-electron chi connectivity index (χ1n) is 7.03. The van der Waals surface area contributed by atoms with Crippen LogP contribution in [0.5, 0.6) is 0 Å². The molecule has 0 bridgehead atoms. The van der Waals surface area contributed by atoms with Crippen molar-refractivity contribution in [3.8, 4) is 0 Å². The number of rotatable bonds is 7. The Morgan fingerprint density at radius 3 is 2.43 bits per heavy atom. The summed E-state index contributed by atoms with van der Waals surface area (Å²) in [5.74, 6) is -1.04. The van der Waals surface area contributed by atoms with Gasteiger partial charge in [0.05, 0.1) is 0 Å². The van der Waals surface area contributed by atoms with Gasteiger partial charge < -0.3 is 15.7 Å². The van der Waals surface area contributed by atoms with E-state index in [0.717, 1.165) is 0 Å². The fraction of sp³-hybridized carbons (Fsp3) is 0.533. The Morgan fingerprint density at radius 2 is 1.90 bits per heavy atom. The van der Waals surface area contributed by atoms with E-state index in [-0.39, 0.29) is 37.1 Å². The van der Waals surface area contributed by atoms with Crippen molar-refractivity contribution >= 4 is 6.03 Å². The number of amides is 2. The van der Waals surface area contributed by atoms with E-state index in [4.69, 9.17) is 5.11 Å². The number of hydrogen-bond acceptors (Lipinski definition) is 2. The summed E-state index contributed by atoms with van der Waals surface area (Å²) in [7, 11) is 0. The number of hydrogen-bond donors (Lipinski definition) is 3. The smallest absolute Gasteiger partial charge is 0.315 e. The Balaban J connectivity index is 2.43. The van der Waals surface area contributed by atoms with Crippen LogP contribution in [0, 0.1) is 17.6 Å². The minimum absolute atomic E-state index is 0.0104. The third-order valence-electron chi connectivity index (χ3n) is 3.28. The molecule has 1 aromatic rings. The molecule has 0 spiro atoms. The van der Waals surface area contributed by atoms with Gasteiger partial charge in [0, 0.05) is 24.8 Å². The van der Waals surface area contributed by atoms with Gasteiger partial charge in [0.2, 0.25) is 0 Å². The highest BCUT2D eigenvalue weighted by Gasteiger charge is 2.15. The zero-order valence-corrected chi connectivity index (χ0v) is 12.3. The number of aliphatic hydroxyl groups is 1. The molecule has 0 fully saturated rings. The fourth-order valence-corrected chi connectivity index (χ4v) is 2.00. The molecule has 0 heterocycles. The molecule has 0 radical (unpaired) electrons. The van der Waals surface area contributed by atoms with Crippen LogP contribution in [-0.2, 0) is 6.42 Å². The molecule has 1 unspecified atom stereocenters. The lowest BCUT2D eigenvalue weighted by molar-refractivity contribution is 0.219. The third kappa shape index (κ3) is 5.67. The number of aliphatic hydroxyl groups excluding tert-OH is 1. The van der Waals surface area contributed by atoms with Crippen LogP contribution >= 0.6 is 0 Å². The van der Waals surface area contributed by atoms with Crippen LogP contribution in [0.2, 0.25) is 0 Å². The van der Waals surface area contributed by atoms with Crippen molar-refractivity contribution in [3.05, 3.63) is 35.4 Å². The second kappa shape index (κ2) is 8.56. The van der Waals surface area contributed by atoms with E-state index < -0.39 is 17.7 Å². The van der Waals surface area contributed by atoms with E-state index in [1.165, 1.54) is 18.2 Å². The van der Waals surface area contributed by atoms with Gasteiger partial charge in [-0.15, -0.1) is 0 Å². The first-order chi connectivity index (χ1) is 9.95. The molecule has 3 N–H and O–H groups in total. The zero-order chi connectivity index (χ0) is 15.8. The molecule has 118 valence electrons. The molecule has 0 aliphatic heterocycles. The lowest BCUT2D eigenvalue weighted by atomic mass is 10.0. The first-order valence-corrected chi connectivity index (χ1v) is 7.03. The number of carbonyl (C=O) groups excluding carboxylic acids is 1. The molecule has 1 atom stereocenters. The number of benzene rings is 1. The van der Waals surface area contributed by atoms with Gasteiger partial charge in [-0.1, -0.05) is 19.9 Å². The van der Waals surface area contributed by atoms with Gasteiger partial charge in [0.15, 0.2) is 0 Å². The summed E-state index contributed by atoms with van der Waals surface area (Å²) in [4.78, 5) is 11.7. The monoisotopic (exact) mass is 300 g/mol. The largest absolute Gasteiger partial charge is 0.396 e. The van der Waals surface area contributed by atoms with Crippen LogP contribution in [0.1, 0.15) is 25.8 Å². The van der Waals surface area contributed by atoms with Crippen molar-refractivity contribution in [2.24, 2.45) is 5.92 Å². The maximum atomic E-state index is 13.4. The Morgan fingerprint density at radius 1 is 1.29 bits per heavy atom. The van der Waals surface area contributed by atoms with Gasteiger partial charge >= 0.3 is 6.03 Å². The molecule has 4 nitrogen and oxygen atoms in total. The lowest BCUT2D eigenvalue weighted by Gasteiger charge is -2.21. The van der Waals surface area contributed by atoms with Gasteiger partial charge in [-0.25, -0.2) is 13.6 Å². The number of halogens is 2. The van der Waals surface area contributed by atoms with Crippen molar-refractivity contribution in [1.82, 2.24) is 10.6 Å². The number of urea groups is 1. The summed E-state index contributed by atoms with van der Waals surface area (Å²) in [6.45, 7) is 4.00. The van der Waals surface area contributed by atoms with E-state index in [9.17, 15) is 13.6 Å². The van der Waals surface area contributed by atoms with Crippen molar-refractivity contribution in [2.75, 3.05) is 13.2 Å². The molecule has 0 aromatic heterocycles. The summed E-state index contributed by atoms with van der Waals surface area (Å²) in [6.07, 6.45) is 0.547. The Hall–Kier alpha value is -1.69. The predicted octanol–water partition coefficient (Wildman–Crippen LogP) is 2.21. The van der Waals surface area contributed by atoms with Crippen LogP contribution < -0.4 is 10.6 Å². The average Bonchev–Trinajstić information content (AvgIpc) is 2.41. The van der Waals surface area contributed by atoms with Crippen LogP contribution in [0.4, 0.5) is 13.6 Å². The van der Waals surface area contributed by atoms with Crippen molar-refractivity contribution < 1.29 is 18.7 Å². The Kier molecular flexibility index (Phi) is 7.08. The van der Waals surface area contributed by atoms with E-state index in [2.05, 4.69) is 10.6 Å². The van der Waals surface area contributed by atoms with E-state index in [1.54, 1.807) is 0 Å². The molecular weight excluding hydrogens is 278 g/mol. The highest BCUT2D eigenvalue weighted by Crippen LogP contribution is 2.12. The molecule has 0 saturated carbocycles. The topological polar surface area (TPSA) is 61.4 Å². The summed E-state index contributed by atoms with van der Waals surface area (Å²) < 4.78 is 26.8. The minimum atomic E-state index is -0.613. The van der Waals surface area contributed by atoms with Crippen LogP contribution in [-0.4, -0.2) is 30.3 Å². The van der Waals surface area contributed by atoms with E-state index >= 15 is 0 Å². The summed E-state index contributed by atoms with van der Waals surface area (Å²) >= 11 is 0. The second-order valence-corrected chi connectivity index (χ2v) is 5.21. The van der Waals surface area contributed by atoms with Crippen LogP contribution in [0.15, 0.2) is 18.2 Å². The summed E-state index contributed by atoms with van der Waals surface area (Å²) in [6, 6.07) is 3.14. The van der Waals surface area contributed by atoms with E-state index in [0.29, 0.717) is 6.42 Å². The summed E-state index contributed by atoms with van der Waals surface area (Å²) in [5, 5.41) is 14.2. The number of carbonyl (C=O) groups is 1. The molecular formula is C15H22F2N2O2. The summed E-state index contributed by atoms with van der Waals surface area (Å²) in [5.41, 5.74) is -0.0337.